The van der Waals surface area contributed by atoms with Gasteiger partial charge in [-0.25, -0.2) is 0 Å². The number of nitrogens with one attached hydrogen (secondary N) is 1. The zero-order chi connectivity index (χ0) is 19.2. The van der Waals surface area contributed by atoms with Crippen molar-refractivity contribution in [1.82, 2.24) is 20.3 Å². The predicted octanol–water partition coefficient (Wildman–Crippen LogP) is 3.24. The number of aromatic nitrogens is 3. The smallest absolute Gasteiger partial charge is 0.223 e. The van der Waals surface area contributed by atoms with Gasteiger partial charge in [-0.15, -0.1) is 5.10 Å². The SMILES string of the molecule is CC(C)C[C@@H]1COCc2cn(nn2)CC[C@@H](Cc2cccc(Cl)c2)C(=O)N1. The molecule has 0 spiro atoms. The van der Waals surface area contributed by atoms with E-state index in [-0.39, 0.29) is 17.9 Å². The number of amides is 1. The molecule has 1 amide bonds. The van der Waals surface area contributed by atoms with E-state index in [1.807, 2.05) is 30.5 Å². The van der Waals surface area contributed by atoms with Crippen LogP contribution < -0.4 is 5.32 Å². The Morgan fingerprint density at radius 1 is 1.41 bits per heavy atom. The lowest BCUT2D eigenvalue weighted by atomic mass is 9.94. The molecule has 1 aliphatic heterocycles. The molecule has 2 heterocycles. The molecule has 0 fully saturated rings. The second-order valence-electron chi connectivity index (χ2n) is 7.64. The molecule has 6 nitrogen and oxygen atoms in total. The molecule has 1 aromatic carbocycles. The van der Waals surface area contributed by atoms with Crippen molar-refractivity contribution in [3.05, 3.63) is 46.7 Å². The van der Waals surface area contributed by atoms with Crippen molar-refractivity contribution in [2.45, 2.75) is 52.3 Å². The van der Waals surface area contributed by atoms with Crippen LogP contribution in [0.25, 0.3) is 0 Å². The summed E-state index contributed by atoms with van der Waals surface area (Å²) < 4.78 is 7.57. The van der Waals surface area contributed by atoms with Crippen LogP contribution >= 0.6 is 11.6 Å². The first-order chi connectivity index (χ1) is 13.0. The highest BCUT2D eigenvalue weighted by molar-refractivity contribution is 6.30. The lowest BCUT2D eigenvalue weighted by Gasteiger charge is -2.24. The molecule has 0 aliphatic carbocycles. The van der Waals surface area contributed by atoms with E-state index in [0.29, 0.717) is 43.5 Å². The van der Waals surface area contributed by atoms with Gasteiger partial charge in [-0.1, -0.05) is 42.8 Å². The molecule has 1 N–H and O–H groups in total. The summed E-state index contributed by atoms with van der Waals surface area (Å²) in [6, 6.07) is 7.70. The molecule has 0 saturated heterocycles. The summed E-state index contributed by atoms with van der Waals surface area (Å²) >= 11 is 6.12. The van der Waals surface area contributed by atoms with Gasteiger partial charge in [0.05, 0.1) is 25.5 Å². The van der Waals surface area contributed by atoms with Gasteiger partial charge in [0, 0.05) is 17.5 Å². The molecule has 1 aliphatic rings. The van der Waals surface area contributed by atoms with Gasteiger partial charge in [0.2, 0.25) is 5.91 Å². The number of benzene rings is 1. The van der Waals surface area contributed by atoms with Gasteiger partial charge in [-0.3, -0.25) is 9.48 Å². The minimum Gasteiger partial charge on any atom is -0.373 e. The first-order valence-corrected chi connectivity index (χ1v) is 9.89. The van der Waals surface area contributed by atoms with Gasteiger partial charge in [0.25, 0.3) is 0 Å². The molecule has 0 radical (unpaired) electrons. The first kappa shape index (κ1) is 19.8. The molecule has 3 rings (SSSR count). The molecule has 2 aromatic rings. The van der Waals surface area contributed by atoms with Crippen LogP contribution in [0.15, 0.2) is 30.5 Å². The minimum atomic E-state index is -0.162. The lowest BCUT2D eigenvalue weighted by molar-refractivity contribution is -0.126. The third-order valence-corrected chi connectivity index (χ3v) is 4.94. The van der Waals surface area contributed by atoms with E-state index in [1.165, 1.54) is 0 Å². The Labute approximate surface area is 165 Å². The first-order valence-electron chi connectivity index (χ1n) is 9.51. The number of fused-ring (bicyclic) bond motifs is 2. The summed E-state index contributed by atoms with van der Waals surface area (Å²) in [5.74, 6) is 0.370. The van der Waals surface area contributed by atoms with E-state index in [9.17, 15) is 4.79 Å². The average Bonchev–Trinajstić information content (AvgIpc) is 3.05. The number of hydrogen-bond donors (Lipinski definition) is 1. The van der Waals surface area contributed by atoms with E-state index in [4.69, 9.17) is 16.3 Å². The van der Waals surface area contributed by atoms with E-state index in [2.05, 4.69) is 29.5 Å². The van der Waals surface area contributed by atoms with Gasteiger partial charge < -0.3 is 10.1 Å². The van der Waals surface area contributed by atoms with E-state index in [0.717, 1.165) is 17.7 Å². The van der Waals surface area contributed by atoms with Crippen LogP contribution in [-0.4, -0.2) is 33.5 Å². The second kappa shape index (κ2) is 9.33. The Hall–Kier alpha value is -1.92. The molecule has 7 heteroatoms. The van der Waals surface area contributed by atoms with Gasteiger partial charge in [0.15, 0.2) is 0 Å². The third-order valence-electron chi connectivity index (χ3n) is 4.71. The van der Waals surface area contributed by atoms with Crippen molar-refractivity contribution in [2.24, 2.45) is 11.8 Å². The number of ether oxygens (including phenoxy) is 1. The monoisotopic (exact) mass is 390 g/mol. The number of hydrogen-bond acceptors (Lipinski definition) is 4. The zero-order valence-electron chi connectivity index (χ0n) is 15.9. The molecule has 1 aromatic heterocycles. The number of halogens is 1. The third kappa shape index (κ3) is 6.04. The highest BCUT2D eigenvalue weighted by Gasteiger charge is 2.24. The normalized spacial score (nSPS) is 21.4. The van der Waals surface area contributed by atoms with Crippen molar-refractivity contribution < 1.29 is 9.53 Å². The summed E-state index contributed by atoms with van der Waals surface area (Å²) in [6.45, 7) is 5.83. The molecular weight excluding hydrogens is 364 g/mol. The van der Waals surface area contributed by atoms with Crippen LogP contribution in [0, 0.1) is 11.8 Å². The largest absolute Gasteiger partial charge is 0.373 e. The van der Waals surface area contributed by atoms with Crippen molar-refractivity contribution in [2.75, 3.05) is 6.61 Å². The molecule has 146 valence electrons. The van der Waals surface area contributed by atoms with Crippen molar-refractivity contribution in [3.63, 3.8) is 0 Å². The summed E-state index contributed by atoms with van der Waals surface area (Å²) in [6.07, 6.45) is 4.11. The molecule has 0 saturated carbocycles. The van der Waals surface area contributed by atoms with Crippen molar-refractivity contribution in [3.8, 4) is 0 Å². The molecule has 2 bridgehead atoms. The van der Waals surface area contributed by atoms with Crippen LogP contribution in [0.2, 0.25) is 5.02 Å². The topological polar surface area (TPSA) is 69.0 Å². The minimum absolute atomic E-state index is 0.00571. The standard InChI is InChI=1S/C20H27ClN4O2/c1-14(2)8-18-12-27-13-19-11-25(24-23-19)7-6-16(20(26)22-18)9-15-4-3-5-17(21)10-15/h3-5,10-11,14,16,18H,6-9,12-13H2,1-2H3,(H,22,26)/t16-,18+/m0/s1. The number of carbonyl (C=O) groups excluding carboxylic acids is 1. The maximum absolute atomic E-state index is 13.0. The number of rotatable bonds is 4. The van der Waals surface area contributed by atoms with Crippen LogP contribution in [0.5, 0.6) is 0 Å². The van der Waals surface area contributed by atoms with E-state index in [1.54, 1.807) is 4.68 Å². The van der Waals surface area contributed by atoms with Crippen molar-refractivity contribution in [1.29, 1.82) is 0 Å². The Bertz CT molecular complexity index is 762. The Kier molecular flexibility index (Phi) is 6.85. The highest BCUT2D eigenvalue weighted by atomic mass is 35.5. The highest BCUT2D eigenvalue weighted by Crippen LogP contribution is 2.19. The number of aryl methyl sites for hydroxylation is 1. The lowest BCUT2D eigenvalue weighted by Crippen LogP contribution is -2.43. The summed E-state index contributed by atoms with van der Waals surface area (Å²) in [4.78, 5) is 13.0. The summed E-state index contributed by atoms with van der Waals surface area (Å²) in [5.41, 5.74) is 1.88. The van der Waals surface area contributed by atoms with Gasteiger partial charge in [0.1, 0.15) is 5.69 Å². The second-order valence-corrected chi connectivity index (χ2v) is 8.08. The predicted molar refractivity (Wildman–Crippen MR) is 104 cm³/mol. The summed E-state index contributed by atoms with van der Waals surface area (Å²) in [7, 11) is 0. The Morgan fingerprint density at radius 2 is 2.26 bits per heavy atom. The van der Waals surface area contributed by atoms with Gasteiger partial charge >= 0.3 is 0 Å². The van der Waals surface area contributed by atoms with Crippen LogP contribution in [0.1, 0.15) is 37.9 Å². The number of carbonyl (C=O) groups is 1. The van der Waals surface area contributed by atoms with Crippen LogP contribution in [0.3, 0.4) is 0 Å². The maximum Gasteiger partial charge on any atom is 0.223 e. The molecular formula is C20H27ClN4O2. The Morgan fingerprint density at radius 3 is 3.04 bits per heavy atom. The van der Waals surface area contributed by atoms with Crippen LogP contribution in [0.4, 0.5) is 0 Å². The molecule has 27 heavy (non-hydrogen) atoms. The van der Waals surface area contributed by atoms with E-state index < -0.39 is 0 Å². The van der Waals surface area contributed by atoms with Gasteiger partial charge in [-0.05, 0) is 42.9 Å². The quantitative estimate of drug-likeness (QED) is 0.870. The fourth-order valence-corrected chi connectivity index (χ4v) is 3.65. The zero-order valence-corrected chi connectivity index (χ0v) is 16.7. The van der Waals surface area contributed by atoms with Crippen LogP contribution in [-0.2, 0) is 29.1 Å². The van der Waals surface area contributed by atoms with Gasteiger partial charge in [-0.2, -0.15) is 0 Å². The molecule has 0 unspecified atom stereocenters. The Balaban J connectivity index is 1.79. The van der Waals surface area contributed by atoms with E-state index >= 15 is 0 Å². The maximum atomic E-state index is 13.0. The number of nitrogens with zero attached hydrogens (tertiary/aromatic N) is 3. The molecule has 2 atom stereocenters. The summed E-state index contributed by atoms with van der Waals surface area (Å²) in [5, 5.41) is 12.2. The fourth-order valence-electron chi connectivity index (χ4n) is 3.44. The fraction of sp³-hybridized carbons (Fsp3) is 0.550. The average molecular weight is 391 g/mol. The van der Waals surface area contributed by atoms with Crippen molar-refractivity contribution >= 4 is 17.5 Å².